The number of piperidine rings is 1. The summed E-state index contributed by atoms with van der Waals surface area (Å²) < 4.78 is 11.1. The van der Waals surface area contributed by atoms with Gasteiger partial charge >= 0.3 is 6.08 Å². The molecule has 3 rings (SSSR count). The molecular weight excluding hydrogens is 228 g/mol. The Bertz CT molecular complexity index is 470. The molecule has 0 saturated carbocycles. The zero-order valence-electron chi connectivity index (χ0n) is 10.4. The van der Waals surface area contributed by atoms with Gasteiger partial charge in [0.15, 0.2) is 5.58 Å². The summed E-state index contributed by atoms with van der Waals surface area (Å²) in [4.78, 5) is 4.29. The molecule has 1 aliphatic rings. The molecule has 4 nitrogen and oxygen atoms in total. The summed E-state index contributed by atoms with van der Waals surface area (Å²) in [6, 6.07) is 8.29. The summed E-state index contributed by atoms with van der Waals surface area (Å²) in [7, 11) is 0. The zero-order chi connectivity index (χ0) is 12.2. The molecule has 1 saturated heterocycles. The van der Waals surface area contributed by atoms with Gasteiger partial charge in [-0.3, -0.25) is 0 Å². The van der Waals surface area contributed by atoms with Gasteiger partial charge in [0, 0.05) is 6.04 Å². The Balaban J connectivity index is 1.53. The van der Waals surface area contributed by atoms with Crippen molar-refractivity contribution in [3.8, 4) is 6.08 Å². The number of nitrogens with one attached hydrogen (secondary N) is 1. The summed E-state index contributed by atoms with van der Waals surface area (Å²) in [5.41, 5.74) is 1.63. The molecule has 18 heavy (non-hydrogen) atoms. The highest BCUT2D eigenvalue weighted by Crippen LogP contribution is 2.20. The van der Waals surface area contributed by atoms with Crippen molar-refractivity contribution >= 4 is 11.1 Å². The van der Waals surface area contributed by atoms with E-state index in [1.807, 2.05) is 24.3 Å². The fourth-order valence-corrected chi connectivity index (χ4v) is 2.37. The van der Waals surface area contributed by atoms with E-state index in [2.05, 4.69) is 10.3 Å². The monoisotopic (exact) mass is 246 g/mol. The number of ether oxygens (including phenoxy) is 1. The lowest BCUT2D eigenvalue weighted by Gasteiger charge is -2.22. The number of fused-ring (bicyclic) bond motifs is 1. The van der Waals surface area contributed by atoms with Crippen LogP contribution in [0.15, 0.2) is 28.7 Å². The van der Waals surface area contributed by atoms with Crippen LogP contribution in [-0.4, -0.2) is 24.2 Å². The van der Waals surface area contributed by atoms with Gasteiger partial charge in [0.05, 0.1) is 6.61 Å². The van der Waals surface area contributed by atoms with Crippen molar-refractivity contribution in [1.82, 2.24) is 10.3 Å². The lowest BCUT2D eigenvalue weighted by atomic mass is 10.0. The van der Waals surface area contributed by atoms with Gasteiger partial charge in [0.25, 0.3) is 0 Å². The Morgan fingerprint density at radius 1 is 1.33 bits per heavy atom. The summed E-state index contributed by atoms with van der Waals surface area (Å²) in [6.07, 6.45) is 5.26. The van der Waals surface area contributed by atoms with Crippen LogP contribution >= 0.6 is 0 Å². The van der Waals surface area contributed by atoms with E-state index < -0.39 is 0 Å². The van der Waals surface area contributed by atoms with Crippen molar-refractivity contribution in [3.05, 3.63) is 24.3 Å². The average molecular weight is 246 g/mol. The van der Waals surface area contributed by atoms with Crippen LogP contribution in [0.1, 0.15) is 25.7 Å². The minimum atomic E-state index is 0.381. The van der Waals surface area contributed by atoms with Crippen molar-refractivity contribution in [2.45, 2.75) is 31.7 Å². The maximum Gasteiger partial charge on any atom is 0.394 e. The van der Waals surface area contributed by atoms with Gasteiger partial charge in [-0.2, -0.15) is 4.98 Å². The number of aromatic nitrogens is 1. The molecule has 2 aromatic rings. The molecule has 1 fully saturated rings. The molecule has 0 unspecified atom stereocenters. The number of oxazole rings is 1. The largest absolute Gasteiger partial charge is 0.450 e. The van der Waals surface area contributed by atoms with Crippen LogP contribution in [-0.2, 0) is 0 Å². The first kappa shape index (κ1) is 11.5. The third kappa shape index (κ3) is 2.64. The standard InChI is InChI=1S/C14H18N2O2/c1-2-7-13-12(6-1)16-14(18-13)17-10-8-11-5-3-4-9-15-11/h1-2,6-7,11,15H,3-5,8-10H2/t11-/m1/s1. The Morgan fingerprint density at radius 2 is 2.28 bits per heavy atom. The molecule has 2 heterocycles. The normalized spacial score (nSPS) is 20.1. The van der Waals surface area contributed by atoms with Crippen LogP contribution < -0.4 is 10.1 Å². The van der Waals surface area contributed by atoms with E-state index in [0.29, 0.717) is 18.7 Å². The summed E-state index contributed by atoms with van der Waals surface area (Å²) >= 11 is 0. The van der Waals surface area contributed by atoms with Crippen molar-refractivity contribution in [2.24, 2.45) is 0 Å². The van der Waals surface area contributed by atoms with E-state index >= 15 is 0 Å². The Labute approximate surface area is 106 Å². The summed E-state index contributed by atoms with van der Waals surface area (Å²) in [6.45, 7) is 1.79. The van der Waals surface area contributed by atoms with Crippen molar-refractivity contribution < 1.29 is 9.15 Å². The van der Waals surface area contributed by atoms with Gasteiger partial charge < -0.3 is 14.5 Å². The molecule has 4 heteroatoms. The van der Waals surface area contributed by atoms with Crippen LogP contribution in [0.5, 0.6) is 6.08 Å². The van der Waals surface area contributed by atoms with Crippen LogP contribution in [0.3, 0.4) is 0 Å². The Kier molecular flexibility index (Phi) is 3.46. The molecule has 1 N–H and O–H groups in total. The predicted molar refractivity (Wildman–Crippen MR) is 69.8 cm³/mol. The van der Waals surface area contributed by atoms with Gasteiger partial charge in [-0.15, -0.1) is 0 Å². The van der Waals surface area contributed by atoms with Crippen molar-refractivity contribution in [3.63, 3.8) is 0 Å². The smallest absolute Gasteiger partial charge is 0.394 e. The van der Waals surface area contributed by atoms with Crippen LogP contribution in [0.25, 0.3) is 11.1 Å². The maximum atomic E-state index is 5.58. The summed E-state index contributed by atoms with van der Waals surface area (Å²) in [5.74, 6) is 0. The van der Waals surface area contributed by atoms with E-state index in [9.17, 15) is 0 Å². The number of para-hydroxylation sites is 2. The number of hydrogen-bond acceptors (Lipinski definition) is 4. The molecule has 0 bridgehead atoms. The van der Waals surface area contributed by atoms with E-state index in [-0.39, 0.29) is 0 Å². The quantitative estimate of drug-likeness (QED) is 0.901. The minimum Gasteiger partial charge on any atom is -0.450 e. The Hall–Kier alpha value is -1.55. The van der Waals surface area contributed by atoms with Gasteiger partial charge in [0.1, 0.15) is 5.52 Å². The molecule has 0 aliphatic carbocycles. The van der Waals surface area contributed by atoms with E-state index in [1.54, 1.807) is 0 Å². The van der Waals surface area contributed by atoms with Crippen molar-refractivity contribution in [2.75, 3.05) is 13.2 Å². The summed E-state index contributed by atoms with van der Waals surface area (Å²) in [5, 5.41) is 3.50. The second kappa shape index (κ2) is 5.40. The zero-order valence-corrected chi connectivity index (χ0v) is 10.4. The van der Waals surface area contributed by atoms with E-state index in [4.69, 9.17) is 9.15 Å². The first-order valence-electron chi connectivity index (χ1n) is 6.63. The average Bonchev–Trinajstić information content (AvgIpc) is 2.82. The number of rotatable bonds is 4. The first-order valence-corrected chi connectivity index (χ1v) is 6.63. The van der Waals surface area contributed by atoms with E-state index in [0.717, 1.165) is 24.1 Å². The number of benzene rings is 1. The molecule has 1 aliphatic heterocycles. The third-order valence-corrected chi connectivity index (χ3v) is 3.38. The SMILES string of the molecule is c1ccc2oc(OCC[C@H]3CCCCN3)nc2c1. The highest BCUT2D eigenvalue weighted by molar-refractivity contribution is 5.72. The highest BCUT2D eigenvalue weighted by Gasteiger charge is 2.13. The van der Waals surface area contributed by atoms with E-state index in [1.165, 1.54) is 19.3 Å². The second-order valence-electron chi connectivity index (χ2n) is 4.73. The van der Waals surface area contributed by atoms with Gasteiger partial charge in [0.2, 0.25) is 0 Å². The fourth-order valence-electron chi connectivity index (χ4n) is 2.37. The molecule has 0 spiro atoms. The number of hydrogen-bond donors (Lipinski definition) is 1. The first-order chi connectivity index (χ1) is 8.92. The highest BCUT2D eigenvalue weighted by atomic mass is 16.6. The second-order valence-corrected chi connectivity index (χ2v) is 4.73. The lowest BCUT2D eigenvalue weighted by Crippen LogP contribution is -2.35. The molecule has 1 atom stereocenters. The topological polar surface area (TPSA) is 47.3 Å². The molecule has 0 amide bonds. The maximum absolute atomic E-state index is 5.58. The molecule has 0 radical (unpaired) electrons. The van der Waals surface area contributed by atoms with Gasteiger partial charge in [-0.25, -0.2) is 0 Å². The molecule has 1 aromatic heterocycles. The van der Waals surface area contributed by atoms with Gasteiger partial charge in [-0.1, -0.05) is 18.6 Å². The number of nitrogens with zero attached hydrogens (tertiary/aromatic N) is 1. The predicted octanol–water partition coefficient (Wildman–Crippen LogP) is 2.74. The fraction of sp³-hybridized carbons (Fsp3) is 0.500. The van der Waals surface area contributed by atoms with Crippen LogP contribution in [0, 0.1) is 0 Å². The molecule has 1 aromatic carbocycles. The molecular formula is C14H18N2O2. The Morgan fingerprint density at radius 3 is 3.11 bits per heavy atom. The third-order valence-electron chi connectivity index (χ3n) is 3.38. The molecule has 96 valence electrons. The van der Waals surface area contributed by atoms with Crippen LogP contribution in [0.4, 0.5) is 0 Å². The minimum absolute atomic E-state index is 0.381. The lowest BCUT2D eigenvalue weighted by molar-refractivity contribution is 0.213. The van der Waals surface area contributed by atoms with Crippen LogP contribution in [0.2, 0.25) is 0 Å². The van der Waals surface area contributed by atoms with Crippen molar-refractivity contribution in [1.29, 1.82) is 0 Å². The van der Waals surface area contributed by atoms with Gasteiger partial charge in [-0.05, 0) is 37.9 Å².